The number of benzene rings is 3. The van der Waals surface area contributed by atoms with E-state index in [0.29, 0.717) is 16.8 Å². The van der Waals surface area contributed by atoms with E-state index in [1.54, 1.807) is 30.3 Å². The monoisotopic (exact) mass is 436 g/mol. The van der Waals surface area contributed by atoms with Gasteiger partial charge in [0.1, 0.15) is 11.8 Å². The van der Waals surface area contributed by atoms with Crippen molar-refractivity contribution in [2.75, 3.05) is 4.90 Å². The van der Waals surface area contributed by atoms with Gasteiger partial charge in [-0.15, -0.1) is 11.3 Å². The number of anilines is 1. The molecule has 4 aromatic rings. The minimum absolute atomic E-state index is 0.0529. The second-order valence-electron chi connectivity index (χ2n) is 7.41. The van der Waals surface area contributed by atoms with Crippen molar-refractivity contribution >= 4 is 45.2 Å². The number of amides is 1. The van der Waals surface area contributed by atoms with E-state index in [0.717, 1.165) is 15.6 Å². The van der Waals surface area contributed by atoms with Crippen LogP contribution in [0.15, 0.2) is 89.8 Å². The summed E-state index contributed by atoms with van der Waals surface area (Å²) in [5.41, 5.74) is 1.47. The Hall–Kier alpha value is -4.21. The smallest absolute Gasteiger partial charge is 0.300 e. The summed E-state index contributed by atoms with van der Waals surface area (Å²) in [6, 6.07) is 24.6. The van der Waals surface area contributed by atoms with Gasteiger partial charge in [0.25, 0.3) is 11.7 Å². The SMILES string of the molecule is N#Cc1ccc(N2C(=O)C(=O)/C(=C(\O)c3ccc4ccccc4c3)C2c2cccs2)cc1. The Morgan fingerprint density at radius 2 is 1.69 bits per heavy atom. The maximum absolute atomic E-state index is 13.1. The number of carbonyl (C=O) groups is 2. The van der Waals surface area contributed by atoms with Gasteiger partial charge in [-0.2, -0.15) is 5.26 Å². The number of rotatable bonds is 3. The van der Waals surface area contributed by atoms with E-state index in [4.69, 9.17) is 5.26 Å². The van der Waals surface area contributed by atoms with Crippen molar-refractivity contribution in [1.82, 2.24) is 0 Å². The Labute approximate surface area is 188 Å². The molecule has 5 rings (SSSR count). The van der Waals surface area contributed by atoms with Crippen LogP contribution in [0.25, 0.3) is 16.5 Å². The first-order valence-electron chi connectivity index (χ1n) is 9.92. The molecule has 1 unspecified atom stereocenters. The first-order chi connectivity index (χ1) is 15.6. The van der Waals surface area contributed by atoms with Crippen molar-refractivity contribution < 1.29 is 14.7 Å². The Kier molecular flexibility index (Phi) is 4.81. The summed E-state index contributed by atoms with van der Waals surface area (Å²) in [4.78, 5) is 28.4. The summed E-state index contributed by atoms with van der Waals surface area (Å²) in [6.45, 7) is 0. The number of ketones is 1. The molecule has 2 heterocycles. The van der Waals surface area contributed by atoms with Crippen LogP contribution in [0.3, 0.4) is 0 Å². The second kappa shape index (κ2) is 7.80. The van der Waals surface area contributed by atoms with Crippen LogP contribution in [0.5, 0.6) is 0 Å². The van der Waals surface area contributed by atoms with Gasteiger partial charge in [-0.25, -0.2) is 0 Å². The number of aliphatic hydroxyl groups is 1. The number of hydrogen-bond acceptors (Lipinski definition) is 5. The minimum atomic E-state index is -0.755. The van der Waals surface area contributed by atoms with E-state index in [1.165, 1.54) is 16.2 Å². The van der Waals surface area contributed by atoms with E-state index in [1.807, 2.05) is 60.0 Å². The molecule has 6 heteroatoms. The maximum Gasteiger partial charge on any atom is 0.300 e. The number of thiophene rings is 1. The van der Waals surface area contributed by atoms with E-state index in [9.17, 15) is 14.7 Å². The average Bonchev–Trinajstić information content (AvgIpc) is 3.45. The summed E-state index contributed by atoms with van der Waals surface area (Å²) in [5.74, 6) is -1.66. The van der Waals surface area contributed by atoms with Gasteiger partial charge in [0.2, 0.25) is 0 Å². The lowest BCUT2D eigenvalue weighted by Gasteiger charge is -2.24. The molecule has 1 N–H and O–H groups in total. The number of nitriles is 1. The molecule has 1 aliphatic rings. The van der Waals surface area contributed by atoms with Crippen molar-refractivity contribution in [1.29, 1.82) is 5.26 Å². The van der Waals surface area contributed by atoms with Crippen molar-refractivity contribution in [2.45, 2.75) is 6.04 Å². The Morgan fingerprint density at radius 1 is 0.938 bits per heavy atom. The molecule has 1 amide bonds. The normalized spacial score (nSPS) is 17.6. The first-order valence-corrected chi connectivity index (χ1v) is 10.8. The zero-order chi connectivity index (χ0) is 22.2. The van der Waals surface area contributed by atoms with E-state index in [2.05, 4.69) is 0 Å². The molecule has 154 valence electrons. The number of nitrogens with zero attached hydrogens (tertiary/aromatic N) is 2. The molecule has 1 aliphatic heterocycles. The molecule has 32 heavy (non-hydrogen) atoms. The van der Waals surface area contributed by atoms with Gasteiger partial charge in [-0.05, 0) is 52.6 Å². The quantitative estimate of drug-likeness (QED) is 0.265. The molecule has 0 aliphatic carbocycles. The summed E-state index contributed by atoms with van der Waals surface area (Å²) < 4.78 is 0. The van der Waals surface area contributed by atoms with Gasteiger partial charge in [-0.3, -0.25) is 14.5 Å². The minimum Gasteiger partial charge on any atom is -0.507 e. The Bertz CT molecular complexity index is 1430. The molecular weight excluding hydrogens is 420 g/mol. The van der Waals surface area contributed by atoms with E-state index >= 15 is 0 Å². The lowest BCUT2D eigenvalue weighted by atomic mass is 9.98. The number of Topliss-reactive ketones (excluding diaryl/α,β-unsaturated/α-hetero) is 1. The van der Waals surface area contributed by atoms with Crippen LogP contribution in [0.2, 0.25) is 0 Å². The van der Waals surface area contributed by atoms with Gasteiger partial charge in [0.15, 0.2) is 0 Å². The Balaban J connectivity index is 1.69. The van der Waals surface area contributed by atoms with Crippen LogP contribution in [-0.4, -0.2) is 16.8 Å². The fourth-order valence-electron chi connectivity index (χ4n) is 4.00. The second-order valence-corrected chi connectivity index (χ2v) is 8.38. The van der Waals surface area contributed by atoms with Crippen molar-refractivity contribution in [3.8, 4) is 6.07 Å². The van der Waals surface area contributed by atoms with Gasteiger partial charge in [0, 0.05) is 16.1 Å². The third-order valence-corrected chi connectivity index (χ3v) is 6.48. The fraction of sp³-hybridized carbons (Fsp3) is 0.0385. The van der Waals surface area contributed by atoms with Gasteiger partial charge >= 0.3 is 0 Å². The molecule has 5 nitrogen and oxygen atoms in total. The number of fused-ring (bicyclic) bond motifs is 1. The summed E-state index contributed by atoms with van der Waals surface area (Å²) in [7, 11) is 0. The third-order valence-electron chi connectivity index (χ3n) is 5.55. The molecule has 0 bridgehead atoms. The molecule has 3 aromatic carbocycles. The molecule has 1 aromatic heterocycles. The first kappa shape index (κ1) is 19.7. The average molecular weight is 436 g/mol. The molecule has 0 saturated carbocycles. The van der Waals surface area contributed by atoms with Crippen molar-refractivity contribution in [3.05, 3.63) is 106 Å². The van der Waals surface area contributed by atoms with E-state index in [-0.39, 0.29) is 11.3 Å². The largest absolute Gasteiger partial charge is 0.507 e. The lowest BCUT2D eigenvalue weighted by molar-refractivity contribution is -0.132. The zero-order valence-corrected chi connectivity index (χ0v) is 17.5. The maximum atomic E-state index is 13.1. The highest BCUT2D eigenvalue weighted by Crippen LogP contribution is 2.43. The summed E-state index contributed by atoms with van der Waals surface area (Å²) in [6.07, 6.45) is 0. The molecule has 1 saturated heterocycles. The molecule has 1 atom stereocenters. The van der Waals surface area contributed by atoms with Crippen molar-refractivity contribution in [2.24, 2.45) is 0 Å². The molecular formula is C26H16N2O3S. The van der Waals surface area contributed by atoms with Crippen molar-refractivity contribution in [3.63, 3.8) is 0 Å². The fourth-order valence-corrected chi connectivity index (χ4v) is 4.83. The van der Waals surface area contributed by atoms with Gasteiger partial charge in [0.05, 0.1) is 17.2 Å². The molecule has 1 fully saturated rings. The molecule has 0 radical (unpaired) electrons. The van der Waals surface area contributed by atoms with Gasteiger partial charge in [-0.1, -0.05) is 42.5 Å². The zero-order valence-electron chi connectivity index (χ0n) is 16.7. The van der Waals surface area contributed by atoms with Crippen LogP contribution >= 0.6 is 11.3 Å². The topological polar surface area (TPSA) is 81.4 Å². The third kappa shape index (κ3) is 3.16. The number of carbonyl (C=O) groups excluding carboxylic acids is 2. The van der Waals surface area contributed by atoms with Crippen LogP contribution in [0, 0.1) is 11.3 Å². The summed E-state index contributed by atoms with van der Waals surface area (Å²) in [5, 5.41) is 24.1. The van der Waals surface area contributed by atoms with Crippen LogP contribution in [0.1, 0.15) is 22.0 Å². The highest BCUT2D eigenvalue weighted by molar-refractivity contribution is 7.10. The highest BCUT2D eigenvalue weighted by atomic mass is 32.1. The molecule has 0 spiro atoms. The van der Waals surface area contributed by atoms with Crippen LogP contribution in [0.4, 0.5) is 5.69 Å². The predicted molar refractivity (Wildman–Crippen MR) is 124 cm³/mol. The summed E-state index contributed by atoms with van der Waals surface area (Å²) >= 11 is 1.41. The highest BCUT2D eigenvalue weighted by Gasteiger charge is 2.47. The lowest BCUT2D eigenvalue weighted by Crippen LogP contribution is -2.29. The van der Waals surface area contributed by atoms with E-state index < -0.39 is 17.7 Å². The predicted octanol–water partition coefficient (Wildman–Crippen LogP) is 5.40. The number of aliphatic hydroxyl groups excluding tert-OH is 1. The Morgan fingerprint density at radius 3 is 2.38 bits per heavy atom. The number of hydrogen-bond donors (Lipinski definition) is 1. The van der Waals surface area contributed by atoms with Crippen LogP contribution < -0.4 is 4.90 Å². The van der Waals surface area contributed by atoms with Gasteiger partial charge < -0.3 is 5.11 Å². The van der Waals surface area contributed by atoms with Crippen LogP contribution in [-0.2, 0) is 9.59 Å². The standard InChI is InChI=1S/C26H16N2O3S/c27-15-16-7-11-20(12-8-16)28-23(21-6-3-13-32-21)22(25(30)26(28)31)24(29)19-10-9-17-4-1-2-5-18(17)14-19/h1-14,23,29H/b24-22-.